The summed E-state index contributed by atoms with van der Waals surface area (Å²) in [6.07, 6.45) is 2.79. The van der Waals surface area contributed by atoms with Crippen molar-refractivity contribution < 1.29 is 13.2 Å². The molecular formula is C13H12BrNO3S. The minimum atomic E-state index is -3.25. The topological polar surface area (TPSA) is 56.3 Å². The maximum Gasteiger partial charge on any atom is 0.233 e. The van der Waals surface area contributed by atoms with Gasteiger partial charge in [0.15, 0.2) is 9.84 Å². The van der Waals surface area contributed by atoms with Crippen LogP contribution in [0.15, 0.2) is 45.9 Å². The lowest BCUT2D eigenvalue weighted by atomic mass is 10.3. The van der Waals surface area contributed by atoms with Crippen LogP contribution < -0.4 is 4.74 Å². The number of hydrogen-bond acceptors (Lipinski definition) is 4. The van der Waals surface area contributed by atoms with Crippen LogP contribution in [0.2, 0.25) is 0 Å². The van der Waals surface area contributed by atoms with Crippen molar-refractivity contribution in [3.05, 3.63) is 46.6 Å². The summed E-state index contributed by atoms with van der Waals surface area (Å²) >= 11 is 3.39. The van der Waals surface area contributed by atoms with E-state index in [-0.39, 0.29) is 4.90 Å². The molecule has 0 saturated carbocycles. The molecule has 6 heteroatoms. The predicted octanol–water partition coefficient (Wildman–Crippen LogP) is 3.35. The van der Waals surface area contributed by atoms with Gasteiger partial charge < -0.3 is 4.74 Å². The molecule has 0 bridgehead atoms. The highest BCUT2D eigenvalue weighted by atomic mass is 79.9. The number of sulfone groups is 1. The normalized spacial score (nSPS) is 11.3. The second kappa shape index (κ2) is 5.30. The zero-order valence-electron chi connectivity index (χ0n) is 10.4. The average molecular weight is 342 g/mol. The highest BCUT2D eigenvalue weighted by molar-refractivity contribution is 9.10. The van der Waals surface area contributed by atoms with E-state index in [9.17, 15) is 8.42 Å². The van der Waals surface area contributed by atoms with Crippen LogP contribution in [-0.4, -0.2) is 19.7 Å². The van der Waals surface area contributed by atoms with Gasteiger partial charge in [-0.3, -0.25) is 0 Å². The van der Waals surface area contributed by atoms with Gasteiger partial charge in [0.2, 0.25) is 5.88 Å². The van der Waals surface area contributed by atoms with Crippen molar-refractivity contribution in [2.45, 2.75) is 11.8 Å². The van der Waals surface area contributed by atoms with Gasteiger partial charge in [0.25, 0.3) is 0 Å². The molecule has 4 nitrogen and oxygen atoms in total. The standard InChI is InChI=1S/C13H12BrNO3S/c1-9-6-7-15-13(12(9)14)18-10-4-3-5-11(8-10)19(2,16)17/h3-8H,1-2H3. The molecule has 0 fully saturated rings. The van der Waals surface area contributed by atoms with Gasteiger partial charge in [-0.2, -0.15) is 0 Å². The lowest BCUT2D eigenvalue weighted by Crippen LogP contribution is -1.97. The number of aromatic nitrogens is 1. The minimum absolute atomic E-state index is 0.216. The van der Waals surface area contributed by atoms with Crippen LogP contribution in [0.4, 0.5) is 0 Å². The molecule has 0 radical (unpaired) electrons. The molecule has 0 amide bonds. The Labute approximate surface area is 120 Å². The zero-order chi connectivity index (χ0) is 14.0. The Morgan fingerprint density at radius 2 is 2.00 bits per heavy atom. The van der Waals surface area contributed by atoms with Crippen molar-refractivity contribution in [2.24, 2.45) is 0 Å². The molecule has 0 aliphatic rings. The molecule has 2 aromatic rings. The average Bonchev–Trinajstić information content (AvgIpc) is 2.34. The molecule has 1 aromatic heterocycles. The van der Waals surface area contributed by atoms with Gasteiger partial charge in [0.1, 0.15) is 5.75 Å². The van der Waals surface area contributed by atoms with E-state index in [0.717, 1.165) is 16.3 Å². The van der Waals surface area contributed by atoms with Crippen molar-refractivity contribution in [2.75, 3.05) is 6.26 Å². The molecule has 0 atom stereocenters. The summed E-state index contributed by atoms with van der Waals surface area (Å²) in [7, 11) is -3.25. The number of aryl methyl sites for hydroxylation is 1. The van der Waals surface area contributed by atoms with Crippen LogP contribution in [0.1, 0.15) is 5.56 Å². The summed E-state index contributed by atoms with van der Waals surface area (Å²) in [4.78, 5) is 4.32. The third kappa shape index (κ3) is 3.33. The Kier molecular flexibility index (Phi) is 3.91. The third-order valence-electron chi connectivity index (χ3n) is 2.50. The predicted molar refractivity (Wildman–Crippen MR) is 76.3 cm³/mol. The maximum atomic E-state index is 11.5. The van der Waals surface area contributed by atoms with E-state index in [2.05, 4.69) is 20.9 Å². The molecule has 2 rings (SSSR count). The number of nitrogens with zero attached hydrogens (tertiary/aromatic N) is 1. The zero-order valence-corrected chi connectivity index (χ0v) is 12.8. The van der Waals surface area contributed by atoms with Gasteiger partial charge in [0.05, 0.1) is 9.37 Å². The smallest absolute Gasteiger partial charge is 0.233 e. The summed E-state index contributed by atoms with van der Waals surface area (Å²) in [6.45, 7) is 1.92. The van der Waals surface area contributed by atoms with Gasteiger partial charge >= 0.3 is 0 Å². The fourth-order valence-electron chi connectivity index (χ4n) is 1.47. The summed E-state index contributed by atoms with van der Waals surface area (Å²) in [6, 6.07) is 8.18. The SMILES string of the molecule is Cc1ccnc(Oc2cccc(S(C)(=O)=O)c2)c1Br. The largest absolute Gasteiger partial charge is 0.438 e. The first-order chi connectivity index (χ1) is 8.88. The maximum absolute atomic E-state index is 11.5. The van der Waals surface area contributed by atoms with Gasteiger partial charge in [-0.25, -0.2) is 13.4 Å². The number of pyridine rings is 1. The molecule has 1 aromatic carbocycles. The summed E-state index contributed by atoms with van der Waals surface area (Å²) in [5, 5.41) is 0. The van der Waals surface area contributed by atoms with Crippen molar-refractivity contribution in [1.29, 1.82) is 0 Å². The fourth-order valence-corrected chi connectivity index (χ4v) is 2.44. The number of hydrogen-bond donors (Lipinski definition) is 0. The van der Waals surface area contributed by atoms with Crippen molar-refractivity contribution in [3.8, 4) is 11.6 Å². The van der Waals surface area contributed by atoms with Crippen molar-refractivity contribution in [1.82, 2.24) is 4.98 Å². The van der Waals surface area contributed by atoms with Crippen LogP contribution in [0.25, 0.3) is 0 Å². The number of benzene rings is 1. The number of halogens is 1. The molecule has 100 valence electrons. The highest BCUT2D eigenvalue weighted by Gasteiger charge is 2.10. The quantitative estimate of drug-likeness (QED) is 0.858. The lowest BCUT2D eigenvalue weighted by molar-refractivity contribution is 0.457. The minimum Gasteiger partial charge on any atom is -0.438 e. The molecule has 0 N–H and O–H groups in total. The molecule has 1 heterocycles. The van der Waals surface area contributed by atoms with E-state index in [1.807, 2.05) is 13.0 Å². The van der Waals surface area contributed by atoms with Crippen LogP contribution in [-0.2, 0) is 9.84 Å². The lowest BCUT2D eigenvalue weighted by Gasteiger charge is -2.08. The molecule has 0 aliphatic carbocycles. The molecule has 19 heavy (non-hydrogen) atoms. The van der Waals surface area contributed by atoms with E-state index in [1.165, 1.54) is 12.1 Å². The van der Waals surface area contributed by atoms with Crippen molar-refractivity contribution in [3.63, 3.8) is 0 Å². The molecule has 0 unspecified atom stereocenters. The highest BCUT2D eigenvalue weighted by Crippen LogP contribution is 2.30. The van der Waals surface area contributed by atoms with E-state index in [0.29, 0.717) is 11.6 Å². The van der Waals surface area contributed by atoms with E-state index in [4.69, 9.17) is 4.74 Å². The van der Waals surface area contributed by atoms with Gasteiger partial charge in [-0.05, 0) is 52.7 Å². The van der Waals surface area contributed by atoms with Crippen molar-refractivity contribution >= 4 is 25.8 Å². The molecular weight excluding hydrogens is 330 g/mol. The summed E-state index contributed by atoms with van der Waals surface area (Å²) in [5.41, 5.74) is 0.990. The Hall–Kier alpha value is -1.40. The first-order valence-corrected chi connectivity index (χ1v) is 8.15. The Balaban J connectivity index is 2.37. The monoisotopic (exact) mass is 341 g/mol. The van der Waals surface area contributed by atoms with E-state index < -0.39 is 9.84 Å². The third-order valence-corrected chi connectivity index (χ3v) is 4.57. The van der Waals surface area contributed by atoms with Crippen LogP contribution in [0.3, 0.4) is 0 Å². The number of ether oxygens (including phenoxy) is 1. The first-order valence-electron chi connectivity index (χ1n) is 5.47. The summed E-state index contributed by atoms with van der Waals surface area (Å²) < 4.78 is 29.3. The Bertz CT molecular complexity index is 714. The Morgan fingerprint density at radius 1 is 1.26 bits per heavy atom. The Morgan fingerprint density at radius 3 is 2.68 bits per heavy atom. The van der Waals surface area contributed by atoms with Gasteiger partial charge in [-0.1, -0.05) is 6.07 Å². The van der Waals surface area contributed by atoms with Crippen LogP contribution >= 0.6 is 15.9 Å². The molecule has 0 spiro atoms. The van der Waals surface area contributed by atoms with Crippen LogP contribution in [0, 0.1) is 6.92 Å². The van der Waals surface area contributed by atoms with E-state index >= 15 is 0 Å². The summed E-state index contributed by atoms with van der Waals surface area (Å²) in [5.74, 6) is 0.840. The second-order valence-electron chi connectivity index (χ2n) is 4.10. The van der Waals surface area contributed by atoms with Crippen LogP contribution in [0.5, 0.6) is 11.6 Å². The fraction of sp³-hybridized carbons (Fsp3) is 0.154. The van der Waals surface area contributed by atoms with Gasteiger partial charge in [-0.15, -0.1) is 0 Å². The first kappa shape index (κ1) is 14.0. The second-order valence-corrected chi connectivity index (χ2v) is 6.90. The molecule has 0 aliphatic heterocycles. The van der Waals surface area contributed by atoms with Gasteiger partial charge in [0, 0.05) is 12.5 Å². The molecule has 0 saturated heterocycles. The van der Waals surface area contributed by atoms with E-state index in [1.54, 1.807) is 18.3 Å². The number of rotatable bonds is 3.